The number of benzene rings is 1. The molecule has 5 nitrogen and oxygen atoms in total. The molecule has 2 rings (SSSR count). The van der Waals surface area contributed by atoms with Crippen LogP contribution in [-0.2, 0) is 4.79 Å². The predicted octanol–water partition coefficient (Wildman–Crippen LogP) is 2.07. The number of nitrogen functional groups attached to an aromatic ring is 2. The fourth-order valence-corrected chi connectivity index (χ4v) is 2.45. The molecular formula is C13H18ClFN4O. The maximum atomic E-state index is 14.0. The zero-order valence-electron chi connectivity index (χ0n) is 11.2. The molecule has 0 bridgehead atoms. The summed E-state index contributed by atoms with van der Waals surface area (Å²) in [6.45, 7) is 3.15. The SMILES string of the molecule is CC(Nc1c(N)cc(N)c(Cl)c1F)C(=O)N1CCCC1. The van der Waals surface area contributed by atoms with E-state index in [1.54, 1.807) is 11.8 Å². The molecule has 20 heavy (non-hydrogen) atoms. The van der Waals surface area contributed by atoms with Crippen molar-refractivity contribution < 1.29 is 9.18 Å². The Morgan fingerprint density at radius 3 is 2.60 bits per heavy atom. The summed E-state index contributed by atoms with van der Waals surface area (Å²) in [6, 6.07) is 0.797. The highest BCUT2D eigenvalue weighted by atomic mass is 35.5. The van der Waals surface area contributed by atoms with Crippen LogP contribution in [0, 0.1) is 5.82 Å². The summed E-state index contributed by atoms with van der Waals surface area (Å²) in [7, 11) is 0. The van der Waals surface area contributed by atoms with Crippen molar-refractivity contribution in [2.24, 2.45) is 0 Å². The van der Waals surface area contributed by atoms with Crippen molar-refractivity contribution in [3.63, 3.8) is 0 Å². The van der Waals surface area contributed by atoms with E-state index in [2.05, 4.69) is 5.32 Å². The molecule has 0 saturated carbocycles. The Hall–Kier alpha value is -1.69. The number of rotatable bonds is 3. The van der Waals surface area contributed by atoms with Crippen LogP contribution in [0.3, 0.4) is 0 Å². The second kappa shape index (κ2) is 5.75. The average Bonchev–Trinajstić information content (AvgIpc) is 2.94. The summed E-state index contributed by atoms with van der Waals surface area (Å²) in [5, 5.41) is 2.60. The first-order valence-corrected chi connectivity index (χ1v) is 6.88. The van der Waals surface area contributed by atoms with Gasteiger partial charge in [-0.25, -0.2) is 4.39 Å². The van der Waals surface area contributed by atoms with E-state index in [4.69, 9.17) is 23.1 Å². The highest BCUT2D eigenvalue weighted by molar-refractivity contribution is 6.33. The molecule has 1 aromatic rings. The molecule has 1 unspecified atom stereocenters. The smallest absolute Gasteiger partial charge is 0.244 e. The van der Waals surface area contributed by atoms with Gasteiger partial charge in [0.25, 0.3) is 0 Å². The third kappa shape index (κ3) is 2.75. The van der Waals surface area contributed by atoms with Crippen LogP contribution in [-0.4, -0.2) is 29.9 Å². The molecule has 1 aromatic carbocycles. The lowest BCUT2D eigenvalue weighted by Gasteiger charge is -2.23. The van der Waals surface area contributed by atoms with Gasteiger partial charge >= 0.3 is 0 Å². The number of carbonyl (C=O) groups is 1. The standard InChI is InChI=1S/C13H18ClFN4O/c1-7(13(20)19-4-2-3-5-19)18-12-9(17)6-8(16)10(14)11(12)15/h6-7,18H,2-5,16-17H2,1H3. The normalized spacial score (nSPS) is 16.2. The molecule has 1 saturated heterocycles. The van der Waals surface area contributed by atoms with E-state index in [1.807, 2.05) is 0 Å². The molecule has 7 heteroatoms. The second-order valence-electron chi connectivity index (χ2n) is 4.96. The predicted molar refractivity (Wildman–Crippen MR) is 79.1 cm³/mol. The van der Waals surface area contributed by atoms with E-state index >= 15 is 0 Å². The van der Waals surface area contributed by atoms with E-state index in [9.17, 15) is 9.18 Å². The van der Waals surface area contributed by atoms with Crippen molar-refractivity contribution >= 4 is 34.6 Å². The summed E-state index contributed by atoms with van der Waals surface area (Å²) in [6.07, 6.45) is 2.01. The molecule has 110 valence electrons. The fraction of sp³-hybridized carbons (Fsp3) is 0.462. The number of carbonyl (C=O) groups excluding carboxylic acids is 1. The Morgan fingerprint density at radius 1 is 1.40 bits per heavy atom. The molecular weight excluding hydrogens is 283 g/mol. The lowest BCUT2D eigenvalue weighted by molar-refractivity contribution is -0.130. The van der Waals surface area contributed by atoms with Crippen LogP contribution in [0.4, 0.5) is 21.5 Å². The quantitative estimate of drug-likeness (QED) is 0.746. The van der Waals surface area contributed by atoms with Crippen molar-refractivity contribution in [3.8, 4) is 0 Å². The van der Waals surface area contributed by atoms with Crippen LogP contribution in [0.2, 0.25) is 5.02 Å². The summed E-state index contributed by atoms with van der Waals surface area (Å²) in [5.74, 6) is -0.806. The number of nitrogens with zero attached hydrogens (tertiary/aromatic N) is 1. The third-order valence-corrected chi connectivity index (χ3v) is 3.80. The van der Waals surface area contributed by atoms with Crippen molar-refractivity contribution in [1.29, 1.82) is 0 Å². The van der Waals surface area contributed by atoms with Crippen LogP contribution in [0.1, 0.15) is 19.8 Å². The van der Waals surface area contributed by atoms with Gasteiger partial charge in [0.1, 0.15) is 11.1 Å². The highest BCUT2D eigenvalue weighted by Gasteiger charge is 2.25. The lowest BCUT2D eigenvalue weighted by Crippen LogP contribution is -2.39. The van der Waals surface area contributed by atoms with Gasteiger partial charge in [-0.15, -0.1) is 0 Å². The van der Waals surface area contributed by atoms with Gasteiger partial charge in [-0.2, -0.15) is 0 Å². The Morgan fingerprint density at radius 2 is 2.00 bits per heavy atom. The fourth-order valence-electron chi connectivity index (χ4n) is 2.30. The van der Waals surface area contributed by atoms with Crippen LogP contribution in [0.25, 0.3) is 0 Å². The molecule has 1 heterocycles. The molecule has 1 aliphatic heterocycles. The minimum absolute atomic E-state index is 0.0178. The number of likely N-dealkylation sites (tertiary alicyclic amines) is 1. The Labute approximate surface area is 122 Å². The zero-order chi connectivity index (χ0) is 14.9. The van der Waals surface area contributed by atoms with Crippen molar-refractivity contribution in [1.82, 2.24) is 4.90 Å². The van der Waals surface area contributed by atoms with Crippen LogP contribution >= 0.6 is 11.6 Å². The van der Waals surface area contributed by atoms with Gasteiger partial charge in [-0.1, -0.05) is 11.6 Å². The number of hydrogen-bond acceptors (Lipinski definition) is 4. The third-order valence-electron chi connectivity index (χ3n) is 3.41. The molecule has 0 aromatic heterocycles. The first kappa shape index (κ1) is 14.7. The number of hydrogen-bond donors (Lipinski definition) is 3. The maximum absolute atomic E-state index is 14.0. The van der Waals surface area contributed by atoms with E-state index in [-0.39, 0.29) is 28.0 Å². The highest BCUT2D eigenvalue weighted by Crippen LogP contribution is 2.34. The van der Waals surface area contributed by atoms with Gasteiger partial charge < -0.3 is 21.7 Å². The van der Waals surface area contributed by atoms with Gasteiger partial charge in [0.2, 0.25) is 5.91 Å². The monoisotopic (exact) mass is 300 g/mol. The molecule has 5 N–H and O–H groups in total. The first-order chi connectivity index (χ1) is 9.41. The molecule has 1 atom stereocenters. The Bertz CT molecular complexity index is 532. The summed E-state index contributed by atoms with van der Waals surface area (Å²) in [4.78, 5) is 13.9. The summed E-state index contributed by atoms with van der Waals surface area (Å²) < 4.78 is 14.0. The number of anilines is 3. The van der Waals surface area contributed by atoms with E-state index in [1.165, 1.54) is 6.07 Å². The van der Waals surface area contributed by atoms with E-state index in [0.29, 0.717) is 0 Å². The summed E-state index contributed by atoms with van der Waals surface area (Å²) in [5.41, 5.74) is 11.5. The Kier molecular flexibility index (Phi) is 4.23. The molecule has 0 aliphatic carbocycles. The molecule has 1 aliphatic rings. The van der Waals surface area contributed by atoms with Crippen molar-refractivity contribution in [3.05, 3.63) is 16.9 Å². The van der Waals surface area contributed by atoms with Gasteiger partial charge in [-0.05, 0) is 25.8 Å². The topological polar surface area (TPSA) is 84.4 Å². The minimum Gasteiger partial charge on any atom is -0.397 e. The van der Waals surface area contributed by atoms with Crippen molar-refractivity contribution in [2.45, 2.75) is 25.8 Å². The summed E-state index contributed by atoms with van der Waals surface area (Å²) >= 11 is 5.75. The lowest BCUT2D eigenvalue weighted by atomic mass is 10.2. The number of nitrogens with one attached hydrogen (secondary N) is 1. The first-order valence-electron chi connectivity index (χ1n) is 6.50. The Balaban J connectivity index is 2.17. The van der Waals surface area contributed by atoms with E-state index in [0.717, 1.165) is 25.9 Å². The van der Waals surface area contributed by atoms with Crippen LogP contribution in [0.5, 0.6) is 0 Å². The van der Waals surface area contributed by atoms with Crippen molar-refractivity contribution in [2.75, 3.05) is 29.9 Å². The van der Waals surface area contributed by atoms with E-state index < -0.39 is 11.9 Å². The van der Waals surface area contributed by atoms with Gasteiger partial charge in [0.15, 0.2) is 5.82 Å². The number of nitrogens with two attached hydrogens (primary N) is 2. The number of amides is 1. The van der Waals surface area contributed by atoms with Gasteiger partial charge in [0.05, 0.1) is 17.1 Å². The van der Waals surface area contributed by atoms with Gasteiger partial charge in [-0.3, -0.25) is 4.79 Å². The zero-order valence-corrected chi connectivity index (χ0v) is 12.0. The molecule has 1 fully saturated rings. The van der Waals surface area contributed by atoms with Gasteiger partial charge in [0, 0.05) is 13.1 Å². The molecule has 0 radical (unpaired) electrons. The largest absolute Gasteiger partial charge is 0.397 e. The average molecular weight is 301 g/mol. The van der Waals surface area contributed by atoms with Crippen LogP contribution < -0.4 is 16.8 Å². The second-order valence-corrected chi connectivity index (χ2v) is 5.33. The molecule has 0 spiro atoms. The number of halogens is 2. The maximum Gasteiger partial charge on any atom is 0.244 e. The van der Waals surface area contributed by atoms with Crippen LogP contribution in [0.15, 0.2) is 6.07 Å². The molecule has 1 amide bonds. The minimum atomic E-state index is -0.731.